The molecule has 4 rings (SSSR count). The summed E-state index contributed by atoms with van der Waals surface area (Å²) < 4.78 is 16.9. The van der Waals surface area contributed by atoms with E-state index < -0.39 is 0 Å². The zero-order valence-electron chi connectivity index (χ0n) is 13.2. The average molecular weight is 345 g/mol. The van der Waals surface area contributed by atoms with Gasteiger partial charge in [0.1, 0.15) is 0 Å². The molecule has 0 aliphatic carbocycles. The van der Waals surface area contributed by atoms with Crippen LogP contribution in [-0.2, 0) is 9.47 Å². The number of ether oxygens (including phenoxy) is 2. The Morgan fingerprint density at radius 1 is 1.29 bits per heavy atom. The Labute approximate surface area is 143 Å². The first-order valence-electron chi connectivity index (χ1n) is 8.12. The van der Waals surface area contributed by atoms with Crippen LogP contribution in [0.15, 0.2) is 40.1 Å². The summed E-state index contributed by atoms with van der Waals surface area (Å²) in [4.78, 5) is 3.22. The molecule has 1 N–H and O–H groups in total. The molecule has 0 spiro atoms. The SMILES string of the molecule is c1ccc2c(-c3nnc(SCCOCC4CCCO4)o3)c[nH]c2c1. The number of thioether (sulfide) groups is 1. The highest BCUT2D eigenvalue weighted by Gasteiger charge is 2.16. The molecule has 1 unspecified atom stereocenters. The Morgan fingerprint density at radius 2 is 2.25 bits per heavy atom. The summed E-state index contributed by atoms with van der Waals surface area (Å²) in [6, 6.07) is 8.05. The second kappa shape index (κ2) is 7.38. The molecule has 6 nitrogen and oxygen atoms in total. The minimum absolute atomic E-state index is 0.270. The summed E-state index contributed by atoms with van der Waals surface area (Å²) in [7, 11) is 0. The summed E-state index contributed by atoms with van der Waals surface area (Å²) in [6.45, 7) is 2.18. The lowest BCUT2D eigenvalue weighted by Crippen LogP contribution is -2.15. The smallest absolute Gasteiger partial charge is 0.276 e. The Hall–Kier alpha value is -1.83. The lowest BCUT2D eigenvalue weighted by Gasteiger charge is -2.08. The number of nitrogens with zero attached hydrogens (tertiary/aromatic N) is 2. The second-order valence-corrected chi connectivity index (χ2v) is 6.73. The summed E-state index contributed by atoms with van der Waals surface area (Å²) in [5.41, 5.74) is 1.99. The Bertz CT molecular complexity index is 795. The van der Waals surface area contributed by atoms with E-state index in [1.165, 1.54) is 11.8 Å². The third-order valence-electron chi connectivity index (χ3n) is 4.01. The number of benzene rings is 1. The topological polar surface area (TPSA) is 73.2 Å². The zero-order valence-corrected chi connectivity index (χ0v) is 14.1. The van der Waals surface area contributed by atoms with Crippen molar-refractivity contribution in [3.8, 4) is 11.5 Å². The maximum atomic E-state index is 5.76. The Morgan fingerprint density at radius 3 is 3.17 bits per heavy atom. The van der Waals surface area contributed by atoms with Crippen LogP contribution in [-0.4, -0.2) is 46.9 Å². The number of aromatic amines is 1. The van der Waals surface area contributed by atoms with E-state index in [0.717, 1.165) is 41.7 Å². The van der Waals surface area contributed by atoms with E-state index in [2.05, 4.69) is 15.2 Å². The Kier molecular flexibility index (Phi) is 4.82. The average Bonchev–Trinajstić information content (AvgIpc) is 3.35. The predicted molar refractivity (Wildman–Crippen MR) is 92.1 cm³/mol. The summed E-state index contributed by atoms with van der Waals surface area (Å²) in [6.07, 6.45) is 4.41. The number of rotatable bonds is 7. The number of H-pyrrole nitrogens is 1. The molecule has 24 heavy (non-hydrogen) atoms. The molecule has 1 saturated heterocycles. The van der Waals surface area contributed by atoms with Crippen LogP contribution >= 0.6 is 11.8 Å². The molecule has 3 heterocycles. The number of nitrogens with one attached hydrogen (secondary N) is 1. The minimum atomic E-state index is 0.270. The molecule has 0 amide bonds. The van der Waals surface area contributed by atoms with Crippen LogP contribution < -0.4 is 0 Å². The second-order valence-electron chi connectivity index (χ2n) is 5.68. The monoisotopic (exact) mass is 345 g/mol. The van der Waals surface area contributed by atoms with Crippen molar-refractivity contribution in [1.29, 1.82) is 0 Å². The third kappa shape index (κ3) is 3.48. The molecule has 7 heteroatoms. The minimum Gasteiger partial charge on any atom is -0.411 e. The van der Waals surface area contributed by atoms with Gasteiger partial charge >= 0.3 is 0 Å². The third-order valence-corrected chi connectivity index (χ3v) is 4.79. The van der Waals surface area contributed by atoms with Gasteiger partial charge in [-0.3, -0.25) is 0 Å². The molecule has 0 bridgehead atoms. The van der Waals surface area contributed by atoms with Gasteiger partial charge < -0.3 is 18.9 Å². The number of aromatic nitrogens is 3. The normalized spacial score (nSPS) is 17.8. The van der Waals surface area contributed by atoms with Gasteiger partial charge in [-0.1, -0.05) is 30.0 Å². The van der Waals surface area contributed by atoms with Gasteiger partial charge in [-0.25, -0.2) is 0 Å². The quantitative estimate of drug-likeness (QED) is 0.522. The van der Waals surface area contributed by atoms with Gasteiger partial charge in [-0.05, 0) is 18.9 Å². The van der Waals surface area contributed by atoms with E-state index in [4.69, 9.17) is 13.9 Å². The molecule has 2 aromatic heterocycles. The summed E-state index contributed by atoms with van der Waals surface area (Å²) in [5.74, 6) is 1.32. The van der Waals surface area contributed by atoms with Gasteiger partial charge in [-0.15, -0.1) is 10.2 Å². The molecule has 126 valence electrons. The molecule has 3 aromatic rings. The molecular formula is C17H19N3O3S. The first-order chi connectivity index (χ1) is 11.9. The van der Waals surface area contributed by atoms with Gasteiger partial charge in [-0.2, -0.15) is 0 Å². The number of hydrogen-bond donors (Lipinski definition) is 1. The van der Waals surface area contributed by atoms with Crippen LogP contribution in [0.1, 0.15) is 12.8 Å². The molecule has 1 atom stereocenters. The first kappa shape index (κ1) is 15.7. The lowest BCUT2D eigenvalue weighted by atomic mass is 10.2. The van der Waals surface area contributed by atoms with E-state index >= 15 is 0 Å². The van der Waals surface area contributed by atoms with Crippen molar-refractivity contribution in [3.05, 3.63) is 30.5 Å². The molecular weight excluding hydrogens is 326 g/mol. The van der Waals surface area contributed by atoms with Crippen LogP contribution in [0, 0.1) is 0 Å². The molecule has 0 saturated carbocycles. The van der Waals surface area contributed by atoms with Crippen LogP contribution in [0.4, 0.5) is 0 Å². The van der Waals surface area contributed by atoms with Crippen molar-refractivity contribution in [2.75, 3.05) is 25.6 Å². The van der Waals surface area contributed by atoms with Crippen molar-refractivity contribution >= 4 is 22.7 Å². The van der Waals surface area contributed by atoms with E-state index in [9.17, 15) is 0 Å². The zero-order chi connectivity index (χ0) is 16.2. The fourth-order valence-corrected chi connectivity index (χ4v) is 3.42. The Balaban J connectivity index is 1.30. The van der Waals surface area contributed by atoms with Gasteiger partial charge in [0, 0.05) is 29.5 Å². The van der Waals surface area contributed by atoms with Crippen LogP contribution in [0.25, 0.3) is 22.4 Å². The van der Waals surface area contributed by atoms with Crippen molar-refractivity contribution in [2.45, 2.75) is 24.2 Å². The standard InChI is InChI=1S/C17H19N3O3S/c1-2-6-15-13(5-1)14(10-18-15)16-19-20-17(23-16)24-9-8-21-11-12-4-3-7-22-12/h1-2,5-6,10,12,18H,3-4,7-9,11H2. The summed E-state index contributed by atoms with van der Waals surface area (Å²) in [5, 5.41) is 9.91. The van der Waals surface area contributed by atoms with Gasteiger partial charge in [0.05, 0.1) is 24.9 Å². The largest absolute Gasteiger partial charge is 0.411 e. The van der Waals surface area contributed by atoms with Crippen LogP contribution in [0.2, 0.25) is 0 Å². The van der Waals surface area contributed by atoms with Crippen LogP contribution in [0.5, 0.6) is 0 Å². The van der Waals surface area contributed by atoms with Crippen molar-refractivity contribution < 1.29 is 13.9 Å². The maximum Gasteiger partial charge on any atom is 0.276 e. The van der Waals surface area contributed by atoms with Gasteiger partial charge in [0.15, 0.2) is 0 Å². The van der Waals surface area contributed by atoms with E-state index in [1.807, 2.05) is 30.5 Å². The fourth-order valence-electron chi connectivity index (χ4n) is 2.80. The highest BCUT2D eigenvalue weighted by Crippen LogP contribution is 2.29. The fraction of sp³-hybridized carbons (Fsp3) is 0.412. The molecule has 0 radical (unpaired) electrons. The molecule has 1 aliphatic heterocycles. The number of fused-ring (bicyclic) bond motifs is 1. The number of para-hydroxylation sites is 1. The predicted octanol–water partition coefficient (Wildman–Crippen LogP) is 3.51. The van der Waals surface area contributed by atoms with E-state index in [-0.39, 0.29) is 6.10 Å². The molecule has 1 fully saturated rings. The highest BCUT2D eigenvalue weighted by atomic mass is 32.2. The first-order valence-corrected chi connectivity index (χ1v) is 9.11. The number of hydrogen-bond acceptors (Lipinski definition) is 6. The van der Waals surface area contributed by atoms with E-state index in [1.54, 1.807) is 0 Å². The van der Waals surface area contributed by atoms with Crippen molar-refractivity contribution in [1.82, 2.24) is 15.2 Å². The summed E-state index contributed by atoms with van der Waals surface area (Å²) >= 11 is 1.51. The van der Waals surface area contributed by atoms with Gasteiger partial charge in [0.2, 0.25) is 0 Å². The van der Waals surface area contributed by atoms with Crippen molar-refractivity contribution in [3.63, 3.8) is 0 Å². The maximum absolute atomic E-state index is 5.76. The highest BCUT2D eigenvalue weighted by molar-refractivity contribution is 7.99. The molecule has 1 aliphatic rings. The van der Waals surface area contributed by atoms with Crippen LogP contribution in [0.3, 0.4) is 0 Å². The van der Waals surface area contributed by atoms with Crippen molar-refractivity contribution in [2.24, 2.45) is 0 Å². The van der Waals surface area contributed by atoms with Gasteiger partial charge in [0.25, 0.3) is 11.1 Å². The lowest BCUT2D eigenvalue weighted by molar-refractivity contribution is 0.0225. The molecule has 1 aromatic carbocycles. The van der Waals surface area contributed by atoms with E-state index in [0.29, 0.717) is 24.3 Å².